The molecular weight excluding hydrogens is 252 g/mol. The molecule has 1 heterocycles. The number of nitrogens with zero attached hydrogens (tertiary/aromatic N) is 2. The first-order chi connectivity index (χ1) is 9.70. The second kappa shape index (κ2) is 6.55. The number of rotatable bonds is 3. The lowest BCUT2D eigenvalue weighted by molar-refractivity contribution is 0.0782. The van der Waals surface area contributed by atoms with Crippen molar-refractivity contribution in [2.45, 2.75) is 6.54 Å². The van der Waals surface area contributed by atoms with Crippen LogP contribution in [0.3, 0.4) is 0 Å². The van der Waals surface area contributed by atoms with Gasteiger partial charge in [0, 0.05) is 30.6 Å². The first-order valence-corrected chi connectivity index (χ1v) is 6.23. The van der Waals surface area contributed by atoms with Gasteiger partial charge in [-0.3, -0.25) is 4.79 Å². The number of carbonyl (C=O) groups excluding carboxylic acids is 1. The molecule has 0 spiro atoms. The standard InChI is InChI=1S/C15H16N4O/c1-19(11-14-17-8-9-18-14)15(20)13-6-2-4-12(10-13)5-3-7-16/h2,4,6,8-10H,7,11,16H2,1H3,(H,17,18). The summed E-state index contributed by atoms with van der Waals surface area (Å²) in [4.78, 5) is 21.0. The van der Waals surface area contributed by atoms with Crippen LogP contribution in [0.5, 0.6) is 0 Å². The van der Waals surface area contributed by atoms with Gasteiger partial charge in [-0.1, -0.05) is 17.9 Å². The summed E-state index contributed by atoms with van der Waals surface area (Å²) in [5.41, 5.74) is 6.72. The van der Waals surface area contributed by atoms with Crippen molar-refractivity contribution in [2.24, 2.45) is 5.73 Å². The van der Waals surface area contributed by atoms with Gasteiger partial charge < -0.3 is 15.6 Å². The third-order valence-electron chi connectivity index (χ3n) is 2.73. The molecule has 2 aromatic rings. The molecule has 5 heteroatoms. The summed E-state index contributed by atoms with van der Waals surface area (Å²) in [6.07, 6.45) is 3.40. The Labute approximate surface area is 117 Å². The first-order valence-electron chi connectivity index (χ1n) is 6.23. The Bertz CT molecular complexity index is 637. The molecule has 1 amide bonds. The van der Waals surface area contributed by atoms with Crippen molar-refractivity contribution in [1.29, 1.82) is 0 Å². The summed E-state index contributed by atoms with van der Waals surface area (Å²) in [5, 5.41) is 0. The van der Waals surface area contributed by atoms with Crippen molar-refractivity contribution in [3.63, 3.8) is 0 Å². The van der Waals surface area contributed by atoms with Crippen molar-refractivity contribution in [3.8, 4) is 11.8 Å². The molecule has 0 saturated heterocycles. The molecule has 0 aliphatic carbocycles. The van der Waals surface area contributed by atoms with E-state index in [0.29, 0.717) is 18.7 Å². The van der Waals surface area contributed by atoms with E-state index in [4.69, 9.17) is 5.73 Å². The number of aromatic nitrogens is 2. The molecule has 2 rings (SSSR count). The van der Waals surface area contributed by atoms with Crippen molar-refractivity contribution >= 4 is 5.91 Å². The van der Waals surface area contributed by atoms with Gasteiger partial charge in [0.15, 0.2) is 0 Å². The monoisotopic (exact) mass is 268 g/mol. The van der Waals surface area contributed by atoms with Crippen LogP contribution in [-0.2, 0) is 6.54 Å². The number of nitrogens with one attached hydrogen (secondary N) is 1. The van der Waals surface area contributed by atoms with Gasteiger partial charge in [-0.2, -0.15) is 0 Å². The number of benzene rings is 1. The van der Waals surface area contributed by atoms with Crippen LogP contribution in [0.1, 0.15) is 21.7 Å². The van der Waals surface area contributed by atoms with E-state index in [1.165, 1.54) is 0 Å². The zero-order valence-corrected chi connectivity index (χ0v) is 11.3. The number of nitrogens with two attached hydrogens (primary N) is 1. The minimum Gasteiger partial charge on any atom is -0.347 e. The van der Waals surface area contributed by atoms with Gasteiger partial charge in [-0.25, -0.2) is 4.98 Å². The predicted octanol–water partition coefficient (Wildman–Crippen LogP) is 0.992. The summed E-state index contributed by atoms with van der Waals surface area (Å²) in [6, 6.07) is 7.21. The molecule has 1 aromatic carbocycles. The summed E-state index contributed by atoms with van der Waals surface area (Å²) in [5.74, 6) is 6.37. The number of imidazole rings is 1. The zero-order valence-electron chi connectivity index (χ0n) is 11.3. The highest BCUT2D eigenvalue weighted by Gasteiger charge is 2.13. The Hall–Kier alpha value is -2.58. The number of hydrogen-bond donors (Lipinski definition) is 2. The van der Waals surface area contributed by atoms with Crippen molar-refractivity contribution < 1.29 is 4.79 Å². The Kier molecular flexibility index (Phi) is 4.53. The smallest absolute Gasteiger partial charge is 0.254 e. The molecule has 0 radical (unpaired) electrons. The van der Waals surface area contributed by atoms with Crippen LogP contribution < -0.4 is 5.73 Å². The molecule has 0 atom stereocenters. The van der Waals surface area contributed by atoms with E-state index in [-0.39, 0.29) is 5.91 Å². The fourth-order valence-electron chi connectivity index (χ4n) is 1.78. The topological polar surface area (TPSA) is 75.0 Å². The van der Waals surface area contributed by atoms with Gasteiger partial charge in [0.25, 0.3) is 5.91 Å². The average molecular weight is 268 g/mol. The summed E-state index contributed by atoms with van der Waals surface area (Å²) >= 11 is 0. The maximum atomic E-state index is 12.3. The lowest BCUT2D eigenvalue weighted by Crippen LogP contribution is -2.26. The van der Waals surface area contributed by atoms with E-state index in [1.54, 1.807) is 36.5 Å². The lowest BCUT2D eigenvalue weighted by Gasteiger charge is -2.15. The number of hydrogen-bond acceptors (Lipinski definition) is 3. The SMILES string of the molecule is CN(Cc1ncc[nH]1)C(=O)c1cccc(C#CCN)c1. The molecule has 5 nitrogen and oxygen atoms in total. The maximum Gasteiger partial charge on any atom is 0.254 e. The predicted molar refractivity (Wildman–Crippen MR) is 76.8 cm³/mol. The maximum absolute atomic E-state index is 12.3. The normalized spacial score (nSPS) is 9.70. The minimum atomic E-state index is -0.0715. The molecule has 0 saturated carbocycles. The summed E-state index contributed by atoms with van der Waals surface area (Å²) < 4.78 is 0. The van der Waals surface area contributed by atoms with E-state index < -0.39 is 0 Å². The van der Waals surface area contributed by atoms with Gasteiger partial charge in [-0.15, -0.1) is 0 Å². The number of amides is 1. The molecule has 0 unspecified atom stereocenters. The van der Waals surface area contributed by atoms with Gasteiger partial charge in [0.1, 0.15) is 5.82 Å². The van der Waals surface area contributed by atoms with Gasteiger partial charge >= 0.3 is 0 Å². The number of H-pyrrole nitrogens is 1. The first kappa shape index (κ1) is 13.8. The number of aromatic amines is 1. The van der Waals surface area contributed by atoms with E-state index >= 15 is 0 Å². The number of carbonyl (C=O) groups is 1. The largest absolute Gasteiger partial charge is 0.347 e. The lowest BCUT2D eigenvalue weighted by atomic mass is 10.1. The highest BCUT2D eigenvalue weighted by Crippen LogP contribution is 2.08. The van der Waals surface area contributed by atoms with Crippen molar-refractivity contribution in [2.75, 3.05) is 13.6 Å². The van der Waals surface area contributed by atoms with Crippen LogP contribution in [-0.4, -0.2) is 34.4 Å². The summed E-state index contributed by atoms with van der Waals surface area (Å²) in [7, 11) is 1.74. The second-order valence-corrected chi connectivity index (χ2v) is 4.28. The molecular formula is C15H16N4O. The van der Waals surface area contributed by atoms with Crippen LogP contribution in [0.15, 0.2) is 36.7 Å². The van der Waals surface area contributed by atoms with Crippen LogP contribution in [0.2, 0.25) is 0 Å². The Morgan fingerprint density at radius 2 is 2.35 bits per heavy atom. The van der Waals surface area contributed by atoms with Gasteiger partial charge in [0.2, 0.25) is 0 Å². The van der Waals surface area contributed by atoms with Crippen molar-refractivity contribution in [1.82, 2.24) is 14.9 Å². The molecule has 0 bridgehead atoms. The third kappa shape index (κ3) is 3.46. The molecule has 0 aliphatic heterocycles. The molecule has 1 aromatic heterocycles. The Morgan fingerprint density at radius 3 is 3.05 bits per heavy atom. The quantitative estimate of drug-likeness (QED) is 0.815. The minimum absolute atomic E-state index is 0.0715. The average Bonchev–Trinajstić information content (AvgIpc) is 2.97. The van der Waals surface area contributed by atoms with Crippen LogP contribution in [0.25, 0.3) is 0 Å². The Morgan fingerprint density at radius 1 is 1.50 bits per heavy atom. The third-order valence-corrected chi connectivity index (χ3v) is 2.73. The molecule has 0 aliphatic rings. The van der Waals surface area contributed by atoms with E-state index in [2.05, 4.69) is 21.8 Å². The molecule has 102 valence electrons. The molecule has 3 N–H and O–H groups in total. The highest BCUT2D eigenvalue weighted by atomic mass is 16.2. The molecule has 0 fully saturated rings. The Balaban J connectivity index is 2.12. The fourth-order valence-corrected chi connectivity index (χ4v) is 1.78. The van der Waals surface area contributed by atoms with E-state index in [0.717, 1.165) is 11.4 Å². The van der Waals surface area contributed by atoms with E-state index in [9.17, 15) is 4.79 Å². The van der Waals surface area contributed by atoms with E-state index in [1.807, 2.05) is 12.1 Å². The van der Waals surface area contributed by atoms with Crippen LogP contribution in [0.4, 0.5) is 0 Å². The van der Waals surface area contributed by atoms with Crippen LogP contribution >= 0.6 is 0 Å². The fraction of sp³-hybridized carbons (Fsp3) is 0.200. The second-order valence-electron chi connectivity index (χ2n) is 4.28. The van der Waals surface area contributed by atoms with Crippen LogP contribution in [0, 0.1) is 11.8 Å². The molecule has 20 heavy (non-hydrogen) atoms. The summed E-state index contributed by atoms with van der Waals surface area (Å²) in [6.45, 7) is 0.737. The van der Waals surface area contributed by atoms with Gasteiger partial charge in [-0.05, 0) is 18.2 Å². The van der Waals surface area contributed by atoms with Crippen molar-refractivity contribution in [3.05, 3.63) is 53.6 Å². The highest BCUT2D eigenvalue weighted by molar-refractivity contribution is 5.94. The van der Waals surface area contributed by atoms with Gasteiger partial charge in [0.05, 0.1) is 13.1 Å². The zero-order chi connectivity index (χ0) is 14.4.